The van der Waals surface area contributed by atoms with E-state index in [4.69, 9.17) is 4.42 Å². The van der Waals surface area contributed by atoms with Gasteiger partial charge in [-0.1, -0.05) is 12.8 Å². The maximum absolute atomic E-state index is 12.4. The van der Waals surface area contributed by atoms with Gasteiger partial charge >= 0.3 is 5.97 Å². The first-order valence-electron chi connectivity index (χ1n) is 7.99. The molecule has 0 aliphatic heterocycles. The van der Waals surface area contributed by atoms with Crippen molar-refractivity contribution in [1.82, 2.24) is 10.3 Å². The zero-order valence-electron chi connectivity index (χ0n) is 13.4. The standard InChI is InChI=1S/C17H20N2O4S/c1-17(6-3-2-4-13(17)16(21)22)19-14(20)8-12-10-24-15(18-12)11-5-7-23-9-11/h5,7,9-10,13H,2-4,6,8H2,1H3,(H,19,20)(H,21,22). The van der Waals surface area contributed by atoms with E-state index >= 15 is 0 Å². The fourth-order valence-corrected chi connectivity index (χ4v) is 4.12. The third-order valence-electron chi connectivity index (χ3n) is 4.59. The fourth-order valence-electron chi connectivity index (χ4n) is 3.31. The van der Waals surface area contributed by atoms with Gasteiger partial charge in [0.2, 0.25) is 5.91 Å². The van der Waals surface area contributed by atoms with E-state index < -0.39 is 17.4 Å². The van der Waals surface area contributed by atoms with E-state index in [9.17, 15) is 14.7 Å². The lowest BCUT2D eigenvalue weighted by Gasteiger charge is -2.39. The molecule has 2 unspecified atom stereocenters. The molecule has 1 amide bonds. The van der Waals surface area contributed by atoms with E-state index in [2.05, 4.69) is 10.3 Å². The van der Waals surface area contributed by atoms with Crippen LogP contribution in [0.5, 0.6) is 0 Å². The summed E-state index contributed by atoms with van der Waals surface area (Å²) in [6, 6.07) is 1.82. The van der Waals surface area contributed by atoms with Gasteiger partial charge in [0.1, 0.15) is 11.3 Å². The molecule has 2 atom stereocenters. The summed E-state index contributed by atoms with van der Waals surface area (Å²) in [4.78, 5) is 28.3. The molecule has 1 fully saturated rings. The molecule has 2 aromatic rings. The third kappa shape index (κ3) is 3.51. The first kappa shape index (κ1) is 16.7. The molecule has 1 saturated carbocycles. The molecule has 2 heterocycles. The van der Waals surface area contributed by atoms with Crippen LogP contribution in [0.1, 0.15) is 38.3 Å². The second kappa shape index (κ2) is 6.76. The average molecular weight is 348 g/mol. The molecule has 1 aliphatic rings. The lowest BCUT2D eigenvalue weighted by molar-refractivity contribution is -0.146. The largest absolute Gasteiger partial charge is 0.481 e. The van der Waals surface area contributed by atoms with Crippen LogP contribution >= 0.6 is 11.3 Å². The highest BCUT2D eigenvalue weighted by Gasteiger charge is 2.42. The number of thiazole rings is 1. The van der Waals surface area contributed by atoms with Crippen molar-refractivity contribution in [3.63, 3.8) is 0 Å². The summed E-state index contributed by atoms with van der Waals surface area (Å²) in [5.41, 5.74) is 0.877. The molecule has 1 aliphatic carbocycles. The Morgan fingerprint density at radius 3 is 3.04 bits per heavy atom. The highest BCUT2D eigenvalue weighted by molar-refractivity contribution is 7.13. The van der Waals surface area contributed by atoms with Gasteiger partial charge < -0.3 is 14.8 Å². The van der Waals surface area contributed by atoms with Crippen molar-refractivity contribution < 1.29 is 19.1 Å². The number of hydrogen-bond donors (Lipinski definition) is 2. The van der Waals surface area contributed by atoms with Crippen LogP contribution in [0.25, 0.3) is 10.6 Å². The van der Waals surface area contributed by atoms with E-state index in [1.54, 1.807) is 12.5 Å². The second-order valence-electron chi connectivity index (χ2n) is 6.44. The number of furan rings is 1. The highest BCUT2D eigenvalue weighted by Crippen LogP contribution is 2.34. The average Bonchev–Trinajstić information content (AvgIpc) is 3.17. The molecule has 0 aromatic carbocycles. The van der Waals surface area contributed by atoms with Crippen molar-refractivity contribution in [2.75, 3.05) is 0 Å². The maximum Gasteiger partial charge on any atom is 0.308 e. The first-order valence-corrected chi connectivity index (χ1v) is 8.87. The van der Waals surface area contributed by atoms with Crippen molar-refractivity contribution in [2.45, 2.75) is 44.6 Å². The van der Waals surface area contributed by atoms with Gasteiger partial charge in [-0.05, 0) is 25.8 Å². The molecular formula is C17H20N2O4S. The lowest BCUT2D eigenvalue weighted by Crippen LogP contribution is -2.55. The molecule has 2 aromatic heterocycles. The Hall–Kier alpha value is -2.15. The summed E-state index contributed by atoms with van der Waals surface area (Å²) < 4.78 is 5.04. The molecule has 6 nitrogen and oxygen atoms in total. The van der Waals surface area contributed by atoms with Crippen LogP contribution in [0.2, 0.25) is 0 Å². The summed E-state index contributed by atoms with van der Waals surface area (Å²) >= 11 is 1.45. The molecule has 0 saturated heterocycles. The van der Waals surface area contributed by atoms with Gasteiger partial charge in [0, 0.05) is 10.9 Å². The zero-order chi connectivity index (χ0) is 17.2. The number of nitrogens with one attached hydrogen (secondary N) is 1. The highest BCUT2D eigenvalue weighted by atomic mass is 32.1. The summed E-state index contributed by atoms with van der Waals surface area (Å²) in [5.74, 6) is -1.56. The quantitative estimate of drug-likeness (QED) is 0.866. The number of carboxylic acids is 1. The monoisotopic (exact) mass is 348 g/mol. The lowest BCUT2D eigenvalue weighted by atomic mass is 9.74. The van der Waals surface area contributed by atoms with Gasteiger partial charge in [0.05, 0.1) is 29.8 Å². The maximum atomic E-state index is 12.4. The topological polar surface area (TPSA) is 92.4 Å². The fraction of sp³-hybridized carbons (Fsp3) is 0.471. The number of aromatic nitrogens is 1. The van der Waals surface area contributed by atoms with Crippen molar-refractivity contribution in [3.8, 4) is 10.6 Å². The number of aliphatic carboxylic acids is 1. The Morgan fingerprint density at radius 2 is 2.33 bits per heavy atom. The van der Waals surface area contributed by atoms with Crippen molar-refractivity contribution in [2.24, 2.45) is 5.92 Å². The SMILES string of the molecule is CC1(NC(=O)Cc2csc(-c3ccoc3)n2)CCCCC1C(=O)O. The van der Waals surface area contributed by atoms with Gasteiger partial charge in [-0.2, -0.15) is 0 Å². The molecule has 7 heteroatoms. The van der Waals surface area contributed by atoms with Crippen LogP contribution in [0, 0.1) is 5.92 Å². The second-order valence-corrected chi connectivity index (χ2v) is 7.29. The van der Waals surface area contributed by atoms with E-state index in [1.165, 1.54) is 11.3 Å². The zero-order valence-corrected chi connectivity index (χ0v) is 14.3. The van der Waals surface area contributed by atoms with Crippen molar-refractivity contribution in [3.05, 3.63) is 29.7 Å². The van der Waals surface area contributed by atoms with Crippen LogP contribution in [0.4, 0.5) is 0 Å². The number of carbonyl (C=O) groups excluding carboxylic acids is 1. The predicted molar refractivity (Wildman–Crippen MR) is 89.7 cm³/mol. The molecule has 0 bridgehead atoms. The third-order valence-corrected chi connectivity index (χ3v) is 5.53. The Bertz CT molecular complexity index is 725. The molecular weight excluding hydrogens is 328 g/mol. The Labute approximate surface area is 143 Å². The van der Waals surface area contributed by atoms with Gasteiger partial charge in [0.25, 0.3) is 0 Å². The van der Waals surface area contributed by atoms with Gasteiger partial charge in [0.15, 0.2) is 0 Å². The van der Waals surface area contributed by atoms with E-state index in [0.717, 1.165) is 23.4 Å². The smallest absolute Gasteiger partial charge is 0.308 e. The number of rotatable bonds is 5. The Morgan fingerprint density at radius 1 is 1.50 bits per heavy atom. The summed E-state index contributed by atoms with van der Waals surface area (Å²) in [5, 5.41) is 15.0. The van der Waals surface area contributed by atoms with Crippen LogP contribution in [0.15, 0.2) is 28.4 Å². The van der Waals surface area contributed by atoms with E-state index in [0.29, 0.717) is 18.5 Å². The van der Waals surface area contributed by atoms with Gasteiger partial charge in [-0.3, -0.25) is 9.59 Å². The minimum atomic E-state index is -0.839. The van der Waals surface area contributed by atoms with Crippen LogP contribution in [-0.4, -0.2) is 27.5 Å². The first-order chi connectivity index (χ1) is 11.5. The minimum Gasteiger partial charge on any atom is -0.481 e. The number of nitrogens with zero attached hydrogens (tertiary/aromatic N) is 1. The van der Waals surface area contributed by atoms with Gasteiger partial charge in [-0.25, -0.2) is 4.98 Å². The summed E-state index contributed by atoms with van der Waals surface area (Å²) in [7, 11) is 0. The molecule has 0 radical (unpaired) electrons. The minimum absolute atomic E-state index is 0.149. The van der Waals surface area contributed by atoms with Crippen molar-refractivity contribution >= 4 is 23.2 Å². The molecule has 0 spiro atoms. The number of carbonyl (C=O) groups is 2. The number of amides is 1. The van der Waals surface area contributed by atoms with Crippen molar-refractivity contribution in [1.29, 1.82) is 0 Å². The molecule has 128 valence electrons. The normalized spacial score (nSPS) is 23.8. The van der Waals surface area contributed by atoms with Crippen LogP contribution in [-0.2, 0) is 16.0 Å². The van der Waals surface area contributed by atoms with Crippen LogP contribution in [0.3, 0.4) is 0 Å². The number of carboxylic acid groups (broad SMARTS) is 1. The summed E-state index contributed by atoms with van der Waals surface area (Å²) in [6.07, 6.45) is 6.46. The predicted octanol–water partition coefficient (Wildman–Crippen LogP) is 3.10. The molecule has 24 heavy (non-hydrogen) atoms. The van der Waals surface area contributed by atoms with Gasteiger partial charge in [-0.15, -0.1) is 11.3 Å². The molecule has 2 N–H and O–H groups in total. The van der Waals surface area contributed by atoms with Crippen LogP contribution < -0.4 is 5.32 Å². The Balaban J connectivity index is 1.65. The Kier molecular flexibility index (Phi) is 4.71. The summed E-state index contributed by atoms with van der Waals surface area (Å²) in [6.45, 7) is 1.83. The number of hydrogen-bond acceptors (Lipinski definition) is 5. The molecule has 3 rings (SSSR count). The van der Waals surface area contributed by atoms with E-state index in [1.807, 2.05) is 18.4 Å². The van der Waals surface area contributed by atoms with E-state index in [-0.39, 0.29) is 12.3 Å².